The van der Waals surface area contributed by atoms with Gasteiger partial charge in [-0.25, -0.2) is 0 Å². The first-order chi connectivity index (χ1) is 10.2. The van der Waals surface area contributed by atoms with Gasteiger partial charge in [0.15, 0.2) is 0 Å². The molecule has 0 aliphatic heterocycles. The van der Waals surface area contributed by atoms with Crippen molar-refractivity contribution in [1.82, 2.24) is 5.32 Å². The van der Waals surface area contributed by atoms with E-state index in [0.717, 1.165) is 19.3 Å². The minimum Gasteiger partial charge on any atom is -0.384 e. The van der Waals surface area contributed by atoms with Crippen molar-refractivity contribution in [3.05, 3.63) is 29.3 Å². The van der Waals surface area contributed by atoms with E-state index in [2.05, 4.69) is 42.7 Å². The molecular weight excluding hydrogens is 260 g/mol. The van der Waals surface area contributed by atoms with Gasteiger partial charge in [0.2, 0.25) is 5.91 Å². The maximum atomic E-state index is 12.0. The fourth-order valence-electron chi connectivity index (χ4n) is 3.12. The highest BCUT2D eigenvalue weighted by molar-refractivity contribution is 5.77. The number of amides is 1. The third-order valence-electron chi connectivity index (χ3n) is 4.36. The molecule has 0 unspecified atom stereocenters. The van der Waals surface area contributed by atoms with Gasteiger partial charge in [0.1, 0.15) is 0 Å². The lowest BCUT2D eigenvalue weighted by molar-refractivity contribution is -0.121. The predicted molar refractivity (Wildman–Crippen MR) is 88.7 cm³/mol. The van der Waals surface area contributed by atoms with E-state index in [1.54, 1.807) is 0 Å². The number of nitrogens with one attached hydrogen (secondary N) is 2. The third kappa shape index (κ3) is 4.76. The molecule has 1 amide bonds. The van der Waals surface area contributed by atoms with E-state index in [4.69, 9.17) is 0 Å². The summed E-state index contributed by atoms with van der Waals surface area (Å²) in [5.74, 6) is 0.182. The maximum Gasteiger partial charge on any atom is 0.221 e. The molecule has 1 aromatic carbocycles. The van der Waals surface area contributed by atoms with Crippen LogP contribution in [-0.2, 0) is 11.2 Å². The summed E-state index contributed by atoms with van der Waals surface area (Å²) < 4.78 is 0. The zero-order valence-corrected chi connectivity index (χ0v) is 13.4. The molecule has 0 radical (unpaired) electrons. The summed E-state index contributed by atoms with van der Waals surface area (Å²) in [4.78, 5) is 12.0. The normalized spacial score (nSPS) is 15.7. The van der Waals surface area contributed by atoms with Crippen LogP contribution in [0.3, 0.4) is 0 Å². The molecule has 0 spiro atoms. The molecule has 1 aliphatic carbocycles. The molecule has 1 aliphatic rings. The molecule has 0 aromatic heterocycles. The Balaban J connectivity index is 1.77. The molecule has 1 saturated carbocycles. The number of hydrogen-bond acceptors (Lipinski definition) is 2. The van der Waals surface area contributed by atoms with Crippen molar-refractivity contribution < 1.29 is 4.79 Å². The molecule has 0 bridgehead atoms. The fourth-order valence-corrected chi connectivity index (χ4v) is 3.12. The van der Waals surface area contributed by atoms with Crippen LogP contribution in [0.5, 0.6) is 0 Å². The van der Waals surface area contributed by atoms with E-state index in [9.17, 15) is 4.79 Å². The summed E-state index contributed by atoms with van der Waals surface area (Å²) in [6.45, 7) is 4.98. The number of para-hydroxylation sites is 1. The van der Waals surface area contributed by atoms with Crippen LogP contribution in [0.2, 0.25) is 0 Å². The number of anilines is 1. The summed E-state index contributed by atoms with van der Waals surface area (Å²) in [6, 6.07) is 6.77. The molecular formula is C18H28N2O. The second kappa shape index (κ2) is 8.06. The van der Waals surface area contributed by atoms with Gasteiger partial charge in [-0.3, -0.25) is 4.79 Å². The highest BCUT2D eigenvalue weighted by Gasteiger charge is 2.15. The number of carbonyl (C=O) groups is 1. The van der Waals surface area contributed by atoms with E-state index in [1.807, 2.05) is 0 Å². The Morgan fingerprint density at radius 3 is 2.71 bits per heavy atom. The standard InChI is InChI=1S/C18H28N2O/c1-3-15-9-7-8-14(2)18(15)19-13-12-17(21)20-16-10-5-4-6-11-16/h7-9,16,19H,3-6,10-13H2,1-2H3,(H,20,21). The zero-order chi connectivity index (χ0) is 15.1. The Labute approximate surface area is 128 Å². The summed E-state index contributed by atoms with van der Waals surface area (Å²) in [7, 11) is 0. The maximum absolute atomic E-state index is 12.0. The van der Waals surface area contributed by atoms with Crippen LogP contribution in [0.25, 0.3) is 0 Å². The van der Waals surface area contributed by atoms with Crippen LogP contribution in [0, 0.1) is 6.92 Å². The van der Waals surface area contributed by atoms with Gasteiger partial charge in [-0.1, -0.05) is 44.4 Å². The second-order valence-electron chi connectivity index (χ2n) is 6.04. The van der Waals surface area contributed by atoms with E-state index >= 15 is 0 Å². The molecule has 3 heteroatoms. The van der Waals surface area contributed by atoms with Gasteiger partial charge >= 0.3 is 0 Å². The lowest BCUT2D eigenvalue weighted by Gasteiger charge is -2.23. The Kier molecular flexibility index (Phi) is 6.09. The van der Waals surface area contributed by atoms with Gasteiger partial charge in [0.05, 0.1) is 0 Å². The number of aryl methyl sites for hydroxylation is 2. The van der Waals surface area contributed by atoms with Gasteiger partial charge in [0, 0.05) is 24.7 Å². The number of benzene rings is 1. The molecule has 21 heavy (non-hydrogen) atoms. The number of rotatable bonds is 6. The highest BCUT2D eigenvalue weighted by atomic mass is 16.1. The second-order valence-corrected chi connectivity index (χ2v) is 6.04. The predicted octanol–water partition coefficient (Wildman–Crippen LogP) is 3.81. The van der Waals surface area contributed by atoms with E-state index in [-0.39, 0.29) is 5.91 Å². The first kappa shape index (κ1) is 15.9. The quantitative estimate of drug-likeness (QED) is 0.835. The molecule has 0 atom stereocenters. The lowest BCUT2D eigenvalue weighted by atomic mass is 9.95. The van der Waals surface area contributed by atoms with Crippen molar-refractivity contribution in [3.63, 3.8) is 0 Å². The summed E-state index contributed by atoms with van der Waals surface area (Å²) in [6.07, 6.45) is 7.69. The molecule has 116 valence electrons. The average Bonchev–Trinajstić information content (AvgIpc) is 2.49. The topological polar surface area (TPSA) is 41.1 Å². The SMILES string of the molecule is CCc1cccc(C)c1NCCC(=O)NC1CCCCC1. The number of carbonyl (C=O) groups excluding carboxylic acids is 1. The van der Waals surface area contributed by atoms with Gasteiger partial charge in [-0.2, -0.15) is 0 Å². The lowest BCUT2D eigenvalue weighted by Crippen LogP contribution is -2.36. The fraction of sp³-hybridized carbons (Fsp3) is 0.611. The molecule has 3 nitrogen and oxygen atoms in total. The van der Waals surface area contributed by atoms with Gasteiger partial charge < -0.3 is 10.6 Å². The van der Waals surface area contributed by atoms with Crippen LogP contribution in [0.1, 0.15) is 56.6 Å². The first-order valence-electron chi connectivity index (χ1n) is 8.32. The molecule has 2 rings (SSSR count). The van der Waals surface area contributed by atoms with Gasteiger partial charge in [-0.15, -0.1) is 0 Å². The van der Waals surface area contributed by atoms with Gasteiger partial charge in [-0.05, 0) is 37.3 Å². The van der Waals surface area contributed by atoms with Gasteiger partial charge in [0.25, 0.3) is 0 Å². The van der Waals surface area contributed by atoms with Crippen molar-refractivity contribution in [1.29, 1.82) is 0 Å². The largest absolute Gasteiger partial charge is 0.384 e. The van der Waals surface area contributed by atoms with Crippen molar-refractivity contribution in [3.8, 4) is 0 Å². The van der Waals surface area contributed by atoms with Crippen LogP contribution in [-0.4, -0.2) is 18.5 Å². The van der Waals surface area contributed by atoms with Crippen molar-refractivity contribution in [2.45, 2.75) is 64.8 Å². The minimum absolute atomic E-state index is 0.182. The van der Waals surface area contributed by atoms with Crippen LogP contribution >= 0.6 is 0 Å². The Hall–Kier alpha value is -1.51. The van der Waals surface area contributed by atoms with Crippen molar-refractivity contribution in [2.24, 2.45) is 0 Å². The zero-order valence-electron chi connectivity index (χ0n) is 13.4. The molecule has 1 aromatic rings. The van der Waals surface area contributed by atoms with Crippen LogP contribution in [0.15, 0.2) is 18.2 Å². The van der Waals surface area contributed by atoms with Crippen molar-refractivity contribution >= 4 is 11.6 Å². The average molecular weight is 288 g/mol. The third-order valence-corrected chi connectivity index (χ3v) is 4.36. The van der Waals surface area contributed by atoms with Crippen LogP contribution in [0.4, 0.5) is 5.69 Å². The smallest absolute Gasteiger partial charge is 0.221 e. The number of hydrogen-bond donors (Lipinski definition) is 2. The Bertz CT molecular complexity index is 464. The summed E-state index contributed by atoms with van der Waals surface area (Å²) >= 11 is 0. The van der Waals surface area contributed by atoms with E-state index in [1.165, 1.54) is 36.1 Å². The molecule has 2 N–H and O–H groups in total. The summed E-state index contributed by atoms with van der Waals surface area (Å²) in [5.41, 5.74) is 3.77. The van der Waals surface area contributed by atoms with Crippen LogP contribution < -0.4 is 10.6 Å². The minimum atomic E-state index is 0.182. The molecule has 0 saturated heterocycles. The Morgan fingerprint density at radius 1 is 1.24 bits per heavy atom. The highest BCUT2D eigenvalue weighted by Crippen LogP contribution is 2.21. The first-order valence-corrected chi connectivity index (χ1v) is 8.32. The van der Waals surface area contributed by atoms with E-state index in [0.29, 0.717) is 19.0 Å². The monoisotopic (exact) mass is 288 g/mol. The molecule has 0 heterocycles. The Morgan fingerprint density at radius 2 is 2.00 bits per heavy atom. The summed E-state index contributed by atoms with van der Waals surface area (Å²) in [5, 5.41) is 6.61. The van der Waals surface area contributed by atoms with E-state index < -0.39 is 0 Å². The van der Waals surface area contributed by atoms with Crippen molar-refractivity contribution in [2.75, 3.05) is 11.9 Å². The molecule has 1 fully saturated rings.